The van der Waals surface area contributed by atoms with Crippen LogP contribution in [0.2, 0.25) is 0 Å². The van der Waals surface area contributed by atoms with Crippen LogP contribution in [0.4, 0.5) is 0 Å². The molecule has 6 nitrogen and oxygen atoms in total. The third kappa shape index (κ3) is 1.33. The fraction of sp³-hybridized carbons (Fsp3) is 0. The third-order valence-corrected chi connectivity index (χ3v) is 3.35. The molecule has 0 bridgehead atoms. The Labute approximate surface area is 111 Å². The summed E-state index contributed by atoms with van der Waals surface area (Å²) in [5, 5.41) is 0.896. The highest BCUT2D eigenvalue weighted by molar-refractivity contribution is 5.95. The first-order valence-electron chi connectivity index (χ1n) is 6.01. The molecule has 4 aromatic heterocycles. The van der Waals surface area contributed by atoms with Gasteiger partial charge in [0.25, 0.3) is 0 Å². The molecule has 0 aliphatic heterocycles. The zero-order valence-electron chi connectivity index (χ0n) is 10.2. The van der Waals surface area contributed by atoms with Crippen LogP contribution in [-0.4, -0.2) is 19.9 Å². The number of rotatable bonds is 0. The maximum absolute atomic E-state index is 12.4. The van der Waals surface area contributed by atoms with Crippen LogP contribution in [0.15, 0.2) is 46.5 Å². The van der Waals surface area contributed by atoms with Gasteiger partial charge in [0.1, 0.15) is 11.0 Å². The predicted molar refractivity (Wildman–Crippen MR) is 75.8 cm³/mol. The first kappa shape index (κ1) is 10.9. The second kappa shape index (κ2) is 3.74. The second-order valence-electron chi connectivity index (χ2n) is 4.50. The average molecular weight is 264 g/mol. The van der Waals surface area contributed by atoms with E-state index in [2.05, 4.69) is 19.9 Å². The van der Waals surface area contributed by atoms with Crippen molar-refractivity contribution in [2.45, 2.75) is 0 Å². The lowest BCUT2D eigenvalue weighted by molar-refractivity contribution is 1.31. The van der Waals surface area contributed by atoms with E-state index in [4.69, 9.17) is 0 Å². The fourth-order valence-corrected chi connectivity index (χ4v) is 2.37. The minimum absolute atomic E-state index is 0.238. The molecular formula is C14H8N4O2. The molecular weight excluding hydrogens is 256 g/mol. The quantitative estimate of drug-likeness (QED) is 0.468. The monoisotopic (exact) mass is 264 g/mol. The Morgan fingerprint density at radius 2 is 1.20 bits per heavy atom. The SMILES string of the molecule is O=c1c2cnccc2[nH]c2c(=O)c3cnccc3[nH]c12. The maximum atomic E-state index is 12.4. The van der Waals surface area contributed by atoms with Crippen molar-refractivity contribution >= 4 is 32.8 Å². The summed E-state index contributed by atoms with van der Waals surface area (Å²) in [4.78, 5) is 38.8. The Hall–Kier alpha value is -3.02. The number of hydrogen-bond acceptors (Lipinski definition) is 4. The van der Waals surface area contributed by atoms with Gasteiger partial charge < -0.3 is 9.97 Å². The standard InChI is InChI=1S/C14H8N4O2/c19-13-7-5-15-3-1-9(7)17-11-12(13)18-10-2-4-16-6-8(10)14(11)20/h1-6H,(H,17,19)(H,18,20). The first-order valence-corrected chi connectivity index (χ1v) is 6.01. The van der Waals surface area contributed by atoms with Crippen molar-refractivity contribution in [1.82, 2.24) is 19.9 Å². The number of aromatic nitrogens is 4. The lowest BCUT2D eigenvalue weighted by Gasteiger charge is -2.04. The van der Waals surface area contributed by atoms with Gasteiger partial charge >= 0.3 is 0 Å². The van der Waals surface area contributed by atoms with Crippen LogP contribution in [0.1, 0.15) is 0 Å². The number of H-pyrrole nitrogens is 2. The molecule has 0 aromatic carbocycles. The Kier molecular flexibility index (Phi) is 2.03. The van der Waals surface area contributed by atoms with Crippen LogP contribution in [0.5, 0.6) is 0 Å². The van der Waals surface area contributed by atoms with Crippen molar-refractivity contribution in [2.75, 3.05) is 0 Å². The molecule has 0 fully saturated rings. The zero-order valence-corrected chi connectivity index (χ0v) is 10.2. The molecule has 0 aliphatic carbocycles. The molecule has 0 saturated heterocycles. The number of pyridine rings is 4. The molecule has 4 aromatic rings. The largest absolute Gasteiger partial charge is 0.350 e. The summed E-state index contributed by atoms with van der Waals surface area (Å²) in [7, 11) is 0. The molecule has 0 atom stereocenters. The van der Waals surface area contributed by atoms with Gasteiger partial charge in [-0.1, -0.05) is 0 Å². The highest BCUT2D eigenvalue weighted by Crippen LogP contribution is 2.13. The molecule has 0 spiro atoms. The van der Waals surface area contributed by atoms with Crippen LogP contribution in [0.3, 0.4) is 0 Å². The van der Waals surface area contributed by atoms with Crippen molar-refractivity contribution < 1.29 is 0 Å². The fourth-order valence-electron chi connectivity index (χ4n) is 2.37. The first-order chi connectivity index (χ1) is 9.75. The van der Waals surface area contributed by atoms with Gasteiger partial charge in [0, 0.05) is 24.8 Å². The van der Waals surface area contributed by atoms with Gasteiger partial charge in [-0.2, -0.15) is 0 Å². The highest BCUT2D eigenvalue weighted by Gasteiger charge is 2.11. The molecule has 0 saturated carbocycles. The van der Waals surface area contributed by atoms with E-state index in [-0.39, 0.29) is 21.9 Å². The van der Waals surface area contributed by atoms with Crippen molar-refractivity contribution in [3.63, 3.8) is 0 Å². The van der Waals surface area contributed by atoms with Crippen molar-refractivity contribution in [3.8, 4) is 0 Å². The minimum Gasteiger partial charge on any atom is -0.350 e. The Balaban J connectivity index is 2.38. The van der Waals surface area contributed by atoms with Crippen molar-refractivity contribution in [1.29, 1.82) is 0 Å². The van der Waals surface area contributed by atoms with E-state index in [0.29, 0.717) is 21.8 Å². The van der Waals surface area contributed by atoms with Crippen LogP contribution in [0, 0.1) is 0 Å². The number of hydrogen-bond donors (Lipinski definition) is 2. The van der Waals surface area contributed by atoms with Crippen molar-refractivity contribution in [2.24, 2.45) is 0 Å². The molecule has 2 N–H and O–H groups in total. The molecule has 20 heavy (non-hydrogen) atoms. The van der Waals surface area contributed by atoms with E-state index >= 15 is 0 Å². The van der Waals surface area contributed by atoms with Gasteiger partial charge in [0.15, 0.2) is 0 Å². The van der Waals surface area contributed by atoms with E-state index < -0.39 is 0 Å². The Morgan fingerprint density at radius 1 is 0.750 bits per heavy atom. The molecule has 0 radical (unpaired) electrons. The molecule has 0 unspecified atom stereocenters. The summed E-state index contributed by atoms with van der Waals surface area (Å²) in [6.45, 7) is 0. The summed E-state index contributed by atoms with van der Waals surface area (Å²) in [6, 6.07) is 3.34. The van der Waals surface area contributed by atoms with Crippen LogP contribution in [-0.2, 0) is 0 Å². The van der Waals surface area contributed by atoms with Gasteiger partial charge in [-0.05, 0) is 12.1 Å². The summed E-state index contributed by atoms with van der Waals surface area (Å²) in [5.41, 5.74) is 1.22. The van der Waals surface area contributed by atoms with Crippen molar-refractivity contribution in [3.05, 3.63) is 57.4 Å². The van der Waals surface area contributed by atoms with E-state index in [9.17, 15) is 9.59 Å². The highest BCUT2D eigenvalue weighted by atomic mass is 16.1. The lowest BCUT2D eigenvalue weighted by Crippen LogP contribution is -2.14. The average Bonchev–Trinajstić information content (AvgIpc) is 2.49. The van der Waals surface area contributed by atoms with Crippen LogP contribution in [0.25, 0.3) is 32.8 Å². The van der Waals surface area contributed by atoms with Gasteiger partial charge in [-0.3, -0.25) is 19.6 Å². The zero-order chi connectivity index (χ0) is 13.7. The molecule has 6 heteroatoms. The van der Waals surface area contributed by atoms with Gasteiger partial charge in [-0.15, -0.1) is 0 Å². The van der Waals surface area contributed by atoms with E-state index in [1.54, 1.807) is 24.5 Å². The second-order valence-corrected chi connectivity index (χ2v) is 4.50. The van der Waals surface area contributed by atoms with E-state index in [0.717, 1.165) is 0 Å². The Bertz CT molecular complexity index is 1010. The number of nitrogens with zero attached hydrogens (tertiary/aromatic N) is 2. The number of fused-ring (bicyclic) bond motifs is 3. The normalized spacial score (nSPS) is 11.4. The summed E-state index contributed by atoms with van der Waals surface area (Å²) in [5.74, 6) is 0. The third-order valence-electron chi connectivity index (χ3n) is 3.35. The molecule has 0 amide bonds. The molecule has 0 aliphatic rings. The summed E-state index contributed by atoms with van der Waals surface area (Å²) >= 11 is 0. The van der Waals surface area contributed by atoms with Gasteiger partial charge in [0.2, 0.25) is 10.9 Å². The maximum Gasteiger partial charge on any atom is 0.215 e. The number of nitrogens with one attached hydrogen (secondary N) is 2. The van der Waals surface area contributed by atoms with Gasteiger partial charge in [0.05, 0.1) is 21.8 Å². The van der Waals surface area contributed by atoms with Crippen LogP contribution < -0.4 is 10.9 Å². The van der Waals surface area contributed by atoms with E-state index in [1.807, 2.05) is 0 Å². The smallest absolute Gasteiger partial charge is 0.215 e. The predicted octanol–water partition coefficient (Wildman–Crippen LogP) is 1.31. The molecule has 4 rings (SSSR count). The summed E-state index contributed by atoms with van der Waals surface area (Å²) < 4.78 is 0. The minimum atomic E-state index is -0.238. The van der Waals surface area contributed by atoms with Crippen LogP contribution >= 0.6 is 0 Å². The van der Waals surface area contributed by atoms with E-state index in [1.165, 1.54) is 12.4 Å². The number of aromatic amines is 2. The summed E-state index contributed by atoms with van der Waals surface area (Å²) in [6.07, 6.45) is 6.12. The molecule has 4 heterocycles. The molecule has 96 valence electrons. The topological polar surface area (TPSA) is 91.5 Å². The Morgan fingerprint density at radius 3 is 1.65 bits per heavy atom. The van der Waals surface area contributed by atoms with Gasteiger partial charge in [-0.25, -0.2) is 0 Å². The lowest BCUT2D eigenvalue weighted by atomic mass is 10.2.